The fourth-order valence-electron chi connectivity index (χ4n) is 1.51. The van der Waals surface area contributed by atoms with Crippen LogP contribution in [-0.2, 0) is 14.3 Å². The molecule has 1 aliphatic heterocycles. The number of hydrogen-bond acceptors (Lipinski definition) is 3. The van der Waals surface area contributed by atoms with E-state index >= 15 is 0 Å². The lowest BCUT2D eigenvalue weighted by atomic mass is 10.0. The first-order valence-electron chi connectivity index (χ1n) is 3.88. The lowest BCUT2D eigenvalue weighted by molar-refractivity contribution is -0.146. The summed E-state index contributed by atoms with van der Waals surface area (Å²) in [5.41, 5.74) is 0. The van der Waals surface area contributed by atoms with E-state index in [4.69, 9.17) is 4.74 Å². The van der Waals surface area contributed by atoms with Crippen molar-refractivity contribution in [2.75, 3.05) is 7.11 Å². The van der Waals surface area contributed by atoms with Gasteiger partial charge in [0.05, 0.1) is 25.2 Å². The van der Waals surface area contributed by atoms with Gasteiger partial charge in [0.25, 0.3) is 0 Å². The van der Waals surface area contributed by atoms with E-state index in [0.29, 0.717) is 0 Å². The van der Waals surface area contributed by atoms with E-state index in [0.717, 1.165) is 6.42 Å². The molecule has 3 nitrogen and oxygen atoms in total. The number of esters is 1. The number of carbonyl (C=O) groups excluding carboxylic acids is 1. The zero-order valence-electron chi connectivity index (χ0n) is 7.16. The van der Waals surface area contributed by atoms with Crippen LogP contribution in [0.25, 0.3) is 0 Å². The van der Waals surface area contributed by atoms with Crippen LogP contribution >= 0.6 is 0 Å². The number of carbonyl (C=O) groups is 1. The van der Waals surface area contributed by atoms with Crippen LogP contribution in [0.3, 0.4) is 0 Å². The van der Waals surface area contributed by atoms with E-state index in [2.05, 4.69) is 4.74 Å². The topological polar surface area (TPSA) is 35.5 Å². The summed E-state index contributed by atoms with van der Waals surface area (Å²) >= 11 is 0. The first kappa shape index (κ1) is 8.53. The van der Waals surface area contributed by atoms with E-state index in [1.165, 1.54) is 7.11 Å². The molecule has 1 heterocycles. The van der Waals surface area contributed by atoms with Crippen molar-refractivity contribution in [2.24, 2.45) is 5.92 Å². The Bertz CT molecular complexity index is 155. The van der Waals surface area contributed by atoms with Crippen LogP contribution in [-0.4, -0.2) is 25.3 Å². The average molecular weight is 158 g/mol. The van der Waals surface area contributed by atoms with Crippen LogP contribution in [0.1, 0.15) is 20.3 Å². The van der Waals surface area contributed by atoms with Gasteiger partial charge < -0.3 is 9.47 Å². The third-order valence-corrected chi connectivity index (χ3v) is 2.10. The zero-order chi connectivity index (χ0) is 8.43. The van der Waals surface area contributed by atoms with Gasteiger partial charge in [0.15, 0.2) is 0 Å². The van der Waals surface area contributed by atoms with Gasteiger partial charge in [-0.15, -0.1) is 0 Å². The minimum Gasteiger partial charge on any atom is -0.469 e. The second kappa shape index (κ2) is 3.22. The summed E-state index contributed by atoms with van der Waals surface area (Å²) in [4.78, 5) is 11.1. The molecule has 0 saturated carbocycles. The summed E-state index contributed by atoms with van der Waals surface area (Å²) in [5.74, 6) is -0.211. The molecule has 0 N–H and O–H groups in total. The van der Waals surface area contributed by atoms with Gasteiger partial charge >= 0.3 is 5.97 Å². The normalized spacial score (nSPS) is 37.2. The molecule has 0 aromatic rings. The van der Waals surface area contributed by atoms with Crippen molar-refractivity contribution in [3.8, 4) is 0 Å². The Kier molecular flexibility index (Phi) is 2.49. The van der Waals surface area contributed by atoms with Crippen LogP contribution in [0.5, 0.6) is 0 Å². The maximum Gasteiger partial charge on any atom is 0.311 e. The summed E-state index contributed by atoms with van der Waals surface area (Å²) in [6.45, 7) is 3.88. The second-order valence-electron chi connectivity index (χ2n) is 3.02. The number of hydrogen-bond donors (Lipinski definition) is 0. The molecule has 1 aliphatic rings. The molecule has 0 aliphatic carbocycles. The monoisotopic (exact) mass is 158 g/mol. The van der Waals surface area contributed by atoms with Crippen LogP contribution in [0.15, 0.2) is 0 Å². The van der Waals surface area contributed by atoms with Gasteiger partial charge in [0.1, 0.15) is 0 Å². The van der Waals surface area contributed by atoms with E-state index < -0.39 is 0 Å². The van der Waals surface area contributed by atoms with Gasteiger partial charge in [-0.05, 0) is 20.3 Å². The van der Waals surface area contributed by atoms with Gasteiger partial charge in [-0.2, -0.15) is 0 Å². The summed E-state index contributed by atoms with van der Waals surface area (Å²) < 4.78 is 10.0. The van der Waals surface area contributed by atoms with E-state index in [1.54, 1.807) is 0 Å². The predicted molar refractivity (Wildman–Crippen MR) is 40.1 cm³/mol. The highest BCUT2D eigenvalue weighted by Crippen LogP contribution is 2.26. The van der Waals surface area contributed by atoms with Crippen LogP contribution in [0.2, 0.25) is 0 Å². The molecule has 3 atom stereocenters. The molecular weight excluding hydrogens is 144 g/mol. The molecule has 11 heavy (non-hydrogen) atoms. The van der Waals surface area contributed by atoms with Crippen molar-refractivity contribution in [1.29, 1.82) is 0 Å². The number of ether oxygens (including phenoxy) is 2. The smallest absolute Gasteiger partial charge is 0.311 e. The Morgan fingerprint density at radius 1 is 1.55 bits per heavy atom. The largest absolute Gasteiger partial charge is 0.469 e. The summed E-state index contributed by atoms with van der Waals surface area (Å²) in [6.07, 6.45) is 0.986. The minimum absolute atomic E-state index is 0.0115. The third kappa shape index (κ3) is 1.71. The van der Waals surface area contributed by atoms with E-state index in [9.17, 15) is 4.79 Å². The molecule has 0 unspecified atom stereocenters. The maximum absolute atomic E-state index is 11.1. The van der Waals surface area contributed by atoms with Crippen molar-refractivity contribution in [3.63, 3.8) is 0 Å². The average Bonchev–Trinajstić information content (AvgIpc) is 2.28. The number of methoxy groups -OCH3 is 1. The second-order valence-corrected chi connectivity index (χ2v) is 3.02. The lowest BCUT2D eigenvalue weighted by Crippen LogP contribution is -2.22. The Morgan fingerprint density at radius 2 is 2.18 bits per heavy atom. The third-order valence-electron chi connectivity index (χ3n) is 2.10. The van der Waals surface area contributed by atoms with Gasteiger partial charge in [-0.3, -0.25) is 4.79 Å². The Balaban J connectivity index is 2.52. The predicted octanol–water partition coefficient (Wildman–Crippen LogP) is 0.973. The highest BCUT2D eigenvalue weighted by atomic mass is 16.5. The standard InChI is InChI=1S/C8H14O3/c1-5-4-7(6(2)11-5)8(9)10-3/h5-7H,4H2,1-3H3/t5-,6-,7+/m1/s1. The quantitative estimate of drug-likeness (QED) is 0.533. The molecule has 64 valence electrons. The van der Waals surface area contributed by atoms with Crippen LogP contribution in [0, 0.1) is 5.92 Å². The molecule has 1 fully saturated rings. The first-order chi connectivity index (χ1) is 5.15. The van der Waals surface area contributed by atoms with Crippen molar-refractivity contribution < 1.29 is 14.3 Å². The van der Waals surface area contributed by atoms with Gasteiger partial charge in [0.2, 0.25) is 0 Å². The molecule has 0 amide bonds. The van der Waals surface area contributed by atoms with Crippen LogP contribution < -0.4 is 0 Å². The lowest BCUT2D eigenvalue weighted by Gasteiger charge is -2.09. The van der Waals surface area contributed by atoms with Gasteiger partial charge in [-0.25, -0.2) is 0 Å². The highest BCUT2D eigenvalue weighted by molar-refractivity contribution is 5.73. The molecule has 0 aromatic carbocycles. The highest BCUT2D eigenvalue weighted by Gasteiger charge is 2.35. The van der Waals surface area contributed by atoms with Gasteiger partial charge in [-0.1, -0.05) is 0 Å². The van der Waals surface area contributed by atoms with Crippen molar-refractivity contribution in [3.05, 3.63) is 0 Å². The summed E-state index contributed by atoms with van der Waals surface area (Å²) in [5, 5.41) is 0. The van der Waals surface area contributed by atoms with E-state index in [-0.39, 0.29) is 24.1 Å². The Morgan fingerprint density at radius 3 is 2.55 bits per heavy atom. The van der Waals surface area contributed by atoms with E-state index in [1.807, 2.05) is 13.8 Å². The zero-order valence-corrected chi connectivity index (χ0v) is 7.16. The first-order valence-corrected chi connectivity index (χ1v) is 3.88. The Labute approximate surface area is 66.7 Å². The summed E-state index contributed by atoms with van der Waals surface area (Å²) in [7, 11) is 1.41. The fraction of sp³-hybridized carbons (Fsp3) is 0.875. The molecule has 0 spiro atoms. The van der Waals surface area contributed by atoms with Crippen molar-refractivity contribution in [1.82, 2.24) is 0 Å². The molecule has 3 heteroatoms. The Hall–Kier alpha value is -0.570. The molecule has 1 rings (SSSR count). The fourth-order valence-corrected chi connectivity index (χ4v) is 1.51. The van der Waals surface area contributed by atoms with Crippen molar-refractivity contribution in [2.45, 2.75) is 32.5 Å². The molecule has 0 bridgehead atoms. The molecule has 0 radical (unpaired) electrons. The van der Waals surface area contributed by atoms with Crippen LogP contribution in [0.4, 0.5) is 0 Å². The number of rotatable bonds is 1. The summed E-state index contributed by atoms with van der Waals surface area (Å²) in [6, 6.07) is 0. The molecule has 0 aromatic heterocycles. The SMILES string of the molecule is COC(=O)[C@H]1C[C@@H](C)O[C@@H]1C. The van der Waals surface area contributed by atoms with Crippen molar-refractivity contribution >= 4 is 5.97 Å². The maximum atomic E-state index is 11.1. The molecular formula is C8H14O3. The van der Waals surface area contributed by atoms with Gasteiger partial charge in [0, 0.05) is 0 Å². The molecule has 1 saturated heterocycles. The minimum atomic E-state index is -0.151.